The van der Waals surface area contributed by atoms with Gasteiger partial charge in [0.1, 0.15) is 12.1 Å². The molecule has 0 saturated heterocycles. The Morgan fingerprint density at radius 3 is 2.00 bits per heavy atom. The van der Waals surface area contributed by atoms with Crippen molar-refractivity contribution in [2.75, 3.05) is 13.1 Å². The monoisotopic (exact) mass is 518 g/mol. The fourth-order valence-electron chi connectivity index (χ4n) is 3.47. The second-order valence-electron chi connectivity index (χ2n) is 9.00. The van der Waals surface area contributed by atoms with Crippen LogP contribution < -0.4 is 32.7 Å². The van der Waals surface area contributed by atoms with Gasteiger partial charge in [0.2, 0.25) is 23.5 Å². The van der Waals surface area contributed by atoms with Crippen LogP contribution in [0.5, 0.6) is 0 Å². The Balaban J connectivity index is 2.63. The molecule has 1 aromatic carbocycles. The molecule has 8 N–H and O–H groups in total. The first-order chi connectivity index (χ1) is 17.7. The highest BCUT2D eigenvalue weighted by atomic mass is 16.2. The van der Waals surface area contributed by atoms with Gasteiger partial charge in [0.15, 0.2) is 0 Å². The fraction of sp³-hybridized carbons (Fsp3) is 0.577. The number of hydrogen-bond acceptors (Lipinski definition) is 7. The lowest BCUT2D eigenvalue weighted by molar-refractivity contribution is -0.140. The summed E-state index contributed by atoms with van der Waals surface area (Å²) in [4.78, 5) is 62.5. The van der Waals surface area contributed by atoms with Gasteiger partial charge in [0.05, 0.1) is 6.04 Å². The Bertz CT molecular complexity index is 879. The molecule has 206 valence electrons. The molecule has 37 heavy (non-hydrogen) atoms. The van der Waals surface area contributed by atoms with Crippen molar-refractivity contribution in [1.82, 2.24) is 21.3 Å². The van der Waals surface area contributed by atoms with Crippen molar-refractivity contribution in [2.45, 2.75) is 83.5 Å². The average molecular weight is 519 g/mol. The van der Waals surface area contributed by atoms with Gasteiger partial charge in [-0.3, -0.25) is 24.0 Å². The van der Waals surface area contributed by atoms with Gasteiger partial charge in [-0.1, -0.05) is 36.8 Å². The number of rotatable bonds is 18. The molecule has 0 aromatic heterocycles. The number of amides is 4. The van der Waals surface area contributed by atoms with Crippen LogP contribution in [0.4, 0.5) is 0 Å². The summed E-state index contributed by atoms with van der Waals surface area (Å²) in [7, 11) is 0. The maximum absolute atomic E-state index is 12.8. The molecule has 0 aliphatic rings. The van der Waals surface area contributed by atoms with Crippen molar-refractivity contribution in [2.24, 2.45) is 11.5 Å². The zero-order valence-electron chi connectivity index (χ0n) is 21.9. The number of nitrogens with two attached hydrogens (primary N) is 2. The van der Waals surface area contributed by atoms with E-state index in [1.165, 1.54) is 13.8 Å². The predicted molar refractivity (Wildman–Crippen MR) is 141 cm³/mol. The van der Waals surface area contributed by atoms with Gasteiger partial charge in [-0.15, -0.1) is 0 Å². The van der Waals surface area contributed by atoms with E-state index in [0.29, 0.717) is 32.4 Å². The molecule has 3 unspecified atom stereocenters. The number of nitrogens with one attached hydrogen (secondary N) is 4. The van der Waals surface area contributed by atoms with Gasteiger partial charge in [-0.2, -0.15) is 0 Å². The minimum Gasteiger partial charge on any atom is -0.345 e. The van der Waals surface area contributed by atoms with Gasteiger partial charge >= 0.3 is 0 Å². The van der Waals surface area contributed by atoms with Gasteiger partial charge in [-0.25, -0.2) is 0 Å². The second-order valence-corrected chi connectivity index (χ2v) is 9.00. The highest BCUT2D eigenvalue weighted by molar-refractivity contribution is 6.38. The molecule has 3 atom stereocenters. The van der Waals surface area contributed by atoms with E-state index in [1.807, 2.05) is 30.3 Å². The smallest absolute Gasteiger partial charge is 0.289 e. The summed E-state index contributed by atoms with van der Waals surface area (Å²) in [5, 5.41) is 10.3. The molecule has 0 saturated carbocycles. The minimum absolute atomic E-state index is 0.179. The summed E-state index contributed by atoms with van der Waals surface area (Å²) >= 11 is 0. The lowest BCUT2D eigenvalue weighted by Gasteiger charge is -2.22. The molecule has 0 aliphatic heterocycles. The van der Waals surface area contributed by atoms with E-state index in [4.69, 9.17) is 11.5 Å². The first kappa shape index (κ1) is 31.7. The number of Topliss-reactive ketones (excluding diaryl/α,β-unsaturated/α-hetero) is 1. The normalized spacial score (nSPS) is 13.1. The van der Waals surface area contributed by atoms with Crippen LogP contribution >= 0.6 is 0 Å². The van der Waals surface area contributed by atoms with Crippen LogP contribution in [0.25, 0.3) is 0 Å². The molecule has 4 amide bonds. The maximum Gasteiger partial charge on any atom is 0.289 e. The van der Waals surface area contributed by atoms with Crippen molar-refractivity contribution in [3.63, 3.8) is 0 Å². The highest BCUT2D eigenvalue weighted by Crippen LogP contribution is 2.05. The molecule has 0 heterocycles. The van der Waals surface area contributed by atoms with Crippen LogP contribution in [0.2, 0.25) is 0 Å². The Morgan fingerprint density at radius 1 is 0.757 bits per heavy atom. The van der Waals surface area contributed by atoms with Crippen molar-refractivity contribution in [1.29, 1.82) is 0 Å². The average Bonchev–Trinajstić information content (AvgIpc) is 2.89. The predicted octanol–water partition coefficient (Wildman–Crippen LogP) is 0.0142. The Kier molecular flexibility index (Phi) is 15.4. The third-order valence-corrected chi connectivity index (χ3v) is 5.73. The van der Waals surface area contributed by atoms with E-state index in [0.717, 1.165) is 18.4 Å². The largest absolute Gasteiger partial charge is 0.345 e. The number of carbonyl (C=O) groups is 5. The molecule has 0 spiro atoms. The topological polar surface area (TPSA) is 186 Å². The van der Waals surface area contributed by atoms with Gasteiger partial charge in [-0.05, 0) is 64.6 Å². The summed E-state index contributed by atoms with van der Waals surface area (Å²) in [6, 6.07) is 6.24. The van der Waals surface area contributed by atoms with Gasteiger partial charge in [0, 0.05) is 13.0 Å². The zero-order chi connectivity index (χ0) is 27.6. The van der Waals surface area contributed by atoms with Crippen LogP contribution in [0.3, 0.4) is 0 Å². The van der Waals surface area contributed by atoms with E-state index in [1.54, 1.807) is 0 Å². The summed E-state index contributed by atoms with van der Waals surface area (Å²) in [5.74, 6) is -2.99. The highest BCUT2D eigenvalue weighted by Gasteiger charge is 2.29. The van der Waals surface area contributed by atoms with E-state index in [-0.39, 0.29) is 25.3 Å². The Morgan fingerprint density at radius 2 is 1.35 bits per heavy atom. The first-order valence-electron chi connectivity index (χ1n) is 12.9. The molecule has 0 fully saturated rings. The van der Waals surface area contributed by atoms with Gasteiger partial charge in [0.25, 0.3) is 5.91 Å². The van der Waals surface area contributed by atoms with Crippen LogP contribution in [0.1, 0.15) is 64.4 Å². The SMILES string of the molecule is CC(NC(=O)CCCCCN)C(=O)NC(C)C(=O)NC(CCCCN)C(=O)C(=O)NCc1ccccc1. The van der Waals surface area contributed by atoms with E-state index in [9.17, 15) is 24.0 Å². The molecule has 0 aliphatic carbocycles. The van der Waals surface area contributed by atoms with Crippen molar-refractivity contribution in [3.8, 4) is 0 Å². The molecule has 1 aromatic rings. The summed E-state index contributed by atoms with van der Waals surface area (Å²) in [5.41, 5.74) is 11.8. The summed E-state index contributed by atoms with van der Waals surface area (Å²) < 4.78 is 0. The van der Waals surface area contributed by atoms with Crippen LogP contribution in [0, 0.1) is 0 Å². The molecule has 11 heteroatoms. The van der Waals surface area contributed by atoms with E-state index in [2.05, 4.69) is 21.3 Å². The quantitative estimate of drug-likeness (QED) is 0.117. The molecular weight excluding hydrogens is 476 g/mol. The minimum atomic E-state index is -1.06. The van der Waals surface area contributed by atoms with Crippen molar-refractivity contribution < 1.29 is 24.0 Å². The number of carbonyl (C=O) groups excluding carboxylic acids is 5. The van der Waals surface area contributed by atoms with Gasteiger partial charge < -0.3 is 32.7 Å². The molecular formula is C26H42N6O5. The van der Waals surface area contributed by atoms with Crippen LogP contribution in [0.15, 0.2) is 30.3 Å². The first-order valence-corrected chi connectivity index (χ1v) is 12.9. The number of ketones is 1. The molecule has 11 nitrogen and oxygen atoms in total. The van der Waals surface area contributed by atoms with Crippen LogP contribution in [-0.2, 0) is 30.5 Å². The van der Waals surface area contributed by atoms with E-state index >= 15 is 0 Å². The maximum atomic E-state index is 12.8. The third kappa shape index (κ3) is 13.0. The third-order valence-electron chi connectivity index (χ3n) is 5.73. The van der Waals surface area contributed by atoms with E-state index < -0.39 is 41.6 Å². The number of unbranched alkanes of at least 4 members (excludes halogenated alkanes) is 3. The summed E-state index contributed by atoms with van der Waals surface area (Å²) in [6.45, 7) is 4.15. The second kappa shape index (κ2) is 18.0. The number of hydrogen-bond donors (Lipinski definition) is 6. The van der Waals surface area contributed by atoms with Crippen molar-refractivity contribution in [3.05, 3.63) is 35.9 Å². The van der Waals surface area contributed by atoms with Crippen molar-refractivity contribution >= 4 is 29.4 Å². The zero-order valence-corrected chi connectivity index (χ0v) is 21.9. The Labute approximate surface area is 218 Å². The molecule has 0 bridgehead atoms. The van der Waals surface area contributed by atoms with Crippen LogP contribution in [-0.4, -0.2) is 60.6 Å². The molecule has 0 radical (unpaired) electrons. The Hall–Kier alpha value is -3.31. The number of benzene rings is 1. The standard InChI is InChI=1S/C26H42N6O5/c1-18(30-22(33)14-7-4-9-15-27)24(35)31-19(2)25(36)32-21(13-8-10-16-28)23(34)26(37)29-17-20-11-5-3-6-12-20/h3,5-6,11-12,18-19,21H,4,7-10,13-17,27-28H2,1-2H3,(H,29,37)(H,30,33)(H,31,35)(H,32,36). The summed E-state index contributed by atoms with van der Waals surface area (Å²) in [6.07, 6.45) is 4.02. The molecule has 1 rings (SSSR count). The lowest BCUT2D eigenvalue weighted by atomic mass is 10.0. The lowest BCUT2D eigenvalue weighted by Crippen LogP contribution is -2.55. The fourth-order valence-corrected chi connectivity index (χ4v) is 3.47.